The van der Waals surface area contributed by atoms with Gasteiger partial charge in [0.2, 0.25) is 0 Å². The standard InChI is InChI=1S/C11H19N3O4S/c1-16-2-3-17-4-5-18-6-7-19-11-13-9(12)8-10(15)14-11/h8H,2-7H2,1H3,(H3,12,13,14,15). The van der Waals surface area contributed by atoms with Crippen molar-refractivity contribution in [1.82, 2.24) is 9.97 Å². The highest BCUT2D eigenvalue weighted by molar-refractivity contribution is 7.99. The van der Waals surface area contributed by atoms with E-state index < -0.39 is 0 Å². The Morgan fingerprint density at radius 1 is 1.26 bits per heavy atom. The highest BCUT2D eigenvalue weighted by Crippen LogP contribution is 2.10. The van der Waals surface area contributed by atoms with Crippen LogP contribution in [0, 0.1) is 0 Å². The molecular formula is C11H19N3O4S. The number of nitrogens with two attached hydrogens (primary N) is 1. The molecule has 0 bridgehead atoms. The molecule has 1 rings (SSSR count). The lowest BCUT2D eigenvalue weighted by atomic mass is 10.6. The first kappa shape index (κ1) is 16.0. The lowest BCUT2D eigenvalue weighted by Crippen LogP contribution is -2.11. The molecule has 0 saturated heterocycles. The van der Waals surface area contributed by atoms with Crippen molar-refractivity contribution in [3.63, 3.8) is 0 Å². The number of H-pyrrole nitrogens is 1. The molecule has 0 spiro atoms. The van der Waals surface area contributed by atoms with Crippen LogP contribution in [0.5, 0.6) is 0 Å². The number of nitrogens with one attached hydrogen (secondary N) is 1. The Balaban J connectivity index is 2.03. The number of nitrogen functional groups attached to an aromatic ring is 1. The van der Waals surface area contributed by atoms with Crippen molar-refractivity contribution in [1.29, 1.82) is 0 Å². The van der Waals surface area contributed by atoms with Crippen LogP contribution in [-0.4, -0.2) is 55.9 Å². The first-order chi connectivity index (χ1) is 9.22. The van der Waals surface area contributed by atoms with Crippen LogP contribution in [0.15, 0.2) is 16.0 Å². The fraction of sp³-hybridized carbons (Fsp3) is 0.636. The minimum atomic E-state index is -0.248. The van der Waals surface area contributed by atoms with Gasteiger partial charge in [0.15, 0.2) is 5.16 Å². The van der Waals surface area contributed by atoms with Crippen LogP contribution in [-0.2, 0) is 14.2 Å². The lowest BCUT2D eigenvalue weighted by Gasteiger charge is -2.05. The summed E-state index contributed by atoms with van der Waals surface area (Å²) in [6.07, 6.45) is 0. The Bertz CT molecular complexity index is 413. The van der Waals surface area contributed by atoms with Crippen molar-refractivity contribution in [3.8, 4) is 0 Å². The van der Waals surface area contributed by atoms with Crippen molar-refractivity contribution < 1.29 is 14.2 Å². The topological polar surface area (TPSA) is 99.5 Å². The molecule has 1 aromatic heterocycles. The number of rotatable bonds is 10. The van der Waals surface area contributed by atoms with Gasteiger partial charge in [-0.3, -0.25) is 4.79 Å². The Hall–Kier alpha value is -1.09. The molecule has 0 saturated carbocycles. The smallest absolute Gasteiger partial charge is 0.253 e. The Morgan fingerprint density at radius 2 is 1.95 bits per heavy atom. The average Bonchev–Trinajstić information content (AvgIpc) is 2.36. The van der Waals surface area contributed by atoms with Crippen LogP contribution in [0.1, 0.15) is 0 Å². The summed E-state index contributed by atoms with van der Waals surface area (Å²) in [7, 11) is 1.63. The highest BCUT2D eigenvalue weighted by atomic mass is 32.2. The van der Waals surface area contributed by atoms with Crippen LogP contribution in [0.4, 0.5) is 5.82 Å². The number of anilines is 1. The van der Waals surface area contributed by atoms with Gasteiger partial charge in [-0.2, -0.15) is 0 Å². The van der Waals surface area contributed by atoms with E-state index in [-0.39, 0.29) is 11.4 Å². The SMILES string of the molecule is COCCOCCOCCSc1nc(N)cc(=O)[nH]1. The van der Waals surface area contributed by atoms with Crippen molar-refractivity contribution >= 4 is 17.6 Å². The maximum atomic E-state index is 11.1. The number of hydrogen-bond donors (Lipinski definition) is 2. The summed E-state index contributed by atoms with van der Waals surface area (Å²) < 4.78 is 15.4. The van der Waals surface area contributed by atoms with E-state index in [9.17, 15) is 4.79 Å². The lowest BCUT2D eigenvalue weighted by molar-refractivity contribution is 0.0286. The Morgan fingerprint density at radius 3 is 2.63 bits per heavy atom. The molecule has 1 heterocycles. The van der Waals surface area contributed by atoms with Crippen LogP contribution < -0.4 is 11.3 Å². The Kier molecular flexibility index (Phi) is 8.23. The zero-order valence-corrected chi connectivity index (χ0v) is 11.7. The summed E-state index contributed by atoms with van der Waals surface area (Å²) in [5.41, 5.74) is 5.22. The van der Waals surface area contributed by atoms with E-state index in [0.29, 0.717) is 43.9 Å². The maximum Gasteiger partial charge on any atom is 0.253 e. The fourth-order valence-electron chi connectivity index (χ4n) is 1.18. The minimum Gasteiger partial charge on any atom is -0.383 e. The number of aromatic nitrogens is 2. The summed E-state index contributed by atoms with van der Waals surface area (Å²) in [5, 5.41) is 0.505. The molecular weight excluding hydrogens is 270 g/mol. The van der Waals surface area contributed by atoms with E-state index in [1.807, 2.05) is 0 Å². The number of aromatic amines is 1. The van der Waals surface area contributed by atoms with Crippen LogP contribution >= 0.6 is 11.8 Å². The first-order valence-electron chi connectivity index (χ1n) is 5.86. The third-order valence-corrected chi connectivity index (χ3v) is 2.85. The maximum absolute atomic E-state index is 11.1. The predicted octanol–water partition coefficient (Wildman–Crippen LogP) is 0.124. The van der Waals surface area contributed by atoms with Crippen molar-refractivity contribution in [2.75, 3.05) is 51.6 Å². The van der Waals surface area contributed by atoms with E-state index in [2.05, 4.69) is 9.97 Å². The molecule has 0 aromatic carbocycles. The van der Waals surface area contributed by atoms with Gasteiger partial charge in [0.05, 0.1) is 33.0 Å². The predicted molar refractivity (Wildman–Crippen MR) is 73.5 cm³/mol. The van der Waals surface area contributed by atoms with Gasteiger partial charge in [0, 0.05) is 18.9 Å². The van der Waals surface area contributed by atoms with Crippen molar-refractivity contribution in [3.05, 3.63) is 16.4 Å². The van der Waals surface area contributed by atoms with Gasteiger partial charge < -0.3 is 24.9 Å². The second-order valence-electron chi connectivity index (χ2n) is 3.54. The zero-order valence-electron chi connectivity index (χ0n) is 10.9. The molecule has 7 nitrogen and oxygen atoms in total. The third-order valence-electron chi connectivity index (χ3n) is 2.01. The van der Waals surface area contributed by atoms with Crippen LogP contribution in [0.3, 0.4) is 0 Å². The van der Waals surface area contributed by atoms with Crippen LogP contribution in [0.2, 0.25) is 0 Å². The molecule has 0 aliphatic carbocycles. The number of ether oxygens (including phenoxy) is 3. The van der Waals surface area contributed by atoms with Crippen molar-refractivity contribution in [2.24, 2.45) is 0 Å². The molecule has 8 heteroatoms. The van der Waals surface area contributed by atoms with Gasteiger partial charge in [0.1, 0.15) is 5.82 Å². The van der Waals surface area contributed by atoms with Gasteiger partial charge in [-0.25, -0.2) is 4.98 Å². The van der Waals surface area contributed by atoms with Gasteiger partial charge >= 0.3 is 0 Å². The largest absolute Gasteiger partial charge is 0.383 e. The Labute approximate surface area is 115 Å². The third kappa shape index (κ3) is 7.83. The molecule has 0 atom stereocenters. The van der Waals surface area contributed by atoms with Gasteiger partial charge in [-0.05, 0) is 0 Å². The van der Waals surface area contributed by atoms with E-state index in [4.69, 9.17) is 19.9 Å². The molecule has 0 aliphatic heterocycles. The summed E-state index contributed by atoms with van der Waals surface area (Å²) in [6, 6.07) is 1.25. The zero-order chi connectivity index (χ0) is 13.9. The molecule has 0 unspecified atom stereocenters. The summed E-state index contributed by atoms with van der Waals surface area (Å²) in [5.74, 6) is 0.906. The van der Waals surface area contributed by atoms with E-state index in [1.54, 1.807) is 7.11 Å². The second kappa shape index (κ2) is 9.79. The molecule has 108 valence electrons. The number of thioether (sulfide) groups is 1. The van der Waals surface area contributed by atoms with Gasteiger partial charge in [-0.1, -0.05) is 11.8 Å². The summed E-state index contributed by atoms with van der Waals surface area (Å²) in [6.45, 7) is 2.79. The number of methoxy groups -OCH3 is 1. The monoisotopic (exact) mass is 289 g/mol. The quantitative estimate of drug-likeness (QED) is 0.358. The van der Waals surface area contributed by atoms with Gasteiger partial charge in [0.25, 0.3) is 5.56 Å². The van der Waals surface area contributed by atoms with Crippen molar-refractivity contribution in [2.45, 2.75) is 5.16 Å². The molecule has 1 aromatic rings. The molecule has 19 heavy (non-hydrogen) atoms. The van der Waals surface area contributed by atoms with Gasteiger partial charge in [-0.15, -0.1) is 0 Å². The molecule has 0 fully saturated rings. The molecule has 0 aliphatic rings. The highest BCUT2D eigenvalue weighted by Gasteiger charge is 1.99. The normalized spacial score (nSPS) is 10.8. The second-order valence-corrected chi connectivity index (χ2v) is 4.63. The number of nitrogens with zero attached hydrogens (tertiary/aromatic N) is 1. The molecule has 3 N–H and O–H groups in total. The van der Waals surface area contributed by atoms with E-state index >= 15 is 0 Å². The minimum absolute atomic E-state index is 0.221. The van der Waals surface area contributed by atoms with E-state index in [0.717, 1.165) is 0 Å². The van der Waals surface area contributed by atoms with Crippen LogP contribution in [0.25, 0.3) is 0 Å². The average molecular weight is 289 g/mol. The van der Waals surface area contributed by atoms with E-state index in [1.165, 1.54) is 17.8 Å². The first-order valence-corrected chi connectivity index (χ1v) is 6.85. The summed E-state index contributed by atoms with van der Waals surface area (Å²) in [4.78, 5) is 17.7. The fourth-order valence-corrected chi connectivity index (χ4v) is 1.92. The molecule has 0 radical (unpaired) electrons. The summed E-state index contributed by atoms with van der Waals surface area (Å²) >= 11 is 1.39. The molecule has 0 amide bonds. The number of hydrogen-bond acceptors (Lipinski definition) is 7.